The van der Waals surface area contributed by atoms with Crippen LogP contribution in [0.4, 0.5) is 0 Å². The van der Waals surface area contributed by atoms with Gasteiger partial charge in [0.05, 0.1) is 5.92 Å². The molecule has 2 saturated heterocycles. The number of rotatable bonds is 6. The number of amides is 2. The zero-order valence-corrected chi connectivity index (χ0v) is 19.2. The summed E-state index contributed by atoms with van der Waals surface area (Å²) in [7, 11) is 0. The maximum atomic E-state index is 12.6. The van der Waals surface area contributed by atoms with Gasteiger partial charge < -0.3 is 10.2 Å². The van der Waals surface area contributed by atoms with Crippen molar-refractivity contribution in [3.05, 3.63) is 35.4 Å². The summed E-state index contributed by atoms with van der Waals surface area (Å²) >= 11 is 0. The van der Waals surface area contributed by atoms with Crippen LogP contribution in [-0.4, -0.2) is 47.8 Å². The molecule has 1 N–H and O–H groups in total. The number of hydrogen-bond acceptors (Lipinski definition) is 3. The Morgan fingerprint density at radius 3 is 2.30 bits per heavy atom. The van der Waals surface area contributed by atoms with Crippen LogP contribution in [0.15, 0.2) is 24.3 Å². The molecule has 2 amide bonds. The van der Waals surface area contributed by atoms with Crippen molar-refractivity contribution in [1.82, 2.24) is 15.1 Å². The van der Waals surface area contributed by atoms with Gasteiger partial charge in [0.2, 0.25) is 11.8 Å². The first-order valence-corrected chi connectivity index (χ1v) is 11.7. The highest BCUT2D eigenvalue weighted by molar-refractivity contribution is 5.82. The van der Waals surface area contributed by atoms with E-state index < -0.39 is 0 Å². The lowest BCUT2D eigenvalue weighted by atomic mass is 9.91. The Morgan fingerprint density at radius 2 is 1.67 bits per heavy atom. The summed E-state index contributed by atoms with van der Waals surface area (Å²) in [6, 6.07) is 8.63. The van der Waals surface area contributed by atoms with Crippen LogP contribution in [0.1, 0.15) is 58.1 Å². The standard InChI is InChI=1S/C25H39N3O2/c1-18(2)25(30)28-11-5-6-23(17-28)24(29)26-13-21-7-9-22(10-8-21)16-27-14-19(3)12-20(4)15-27/h7-10,18-20,23H,5-6,11-17H2,1-4H3,(H,26,29)/t19-,20-,23+/m1/s1. The van der Waals surface area contributed by atoms with Crippen LogP contribution in [0.2, 0.25) is 0 Å². The Kier molecular flexibility index (Phi) is 7.93. The molecule has 0 spiro atoms. The molecule has 5 nitrogen and oxygen atoms in total. The number of nitrogens with zero attached hydrogens (tertiary/aromatic N) is 2. The zero-order chi connectivity index (χ0) is 21.7. The van der Waals surface area contributed by atoms with E-state index in [1.165, 1.54) is 25.1 Å². The molecular formula is C25H39N3O2. The van der Waals surface area contributed by atoms with Gasteiger partial charge in [0, 0.05) is 45.2 Å². The van der Waals surface area contributed by atoms with E-state index in [1.807, 2.05) is 18.7 Å². The molecule has 3 rings (SSSR count). The van der Waals surface area contributed by atoms with Crippen molar-refractivity contribution in [2.24, 2.45) is 23.7 Å². The fourth-order valence-corrected chi connectivity index (χ4v) is 5.03. The smallest absolute Gasteiger partial charge is 0.225 e. The zero-order valence-electron chi connectivity index (χ0n) is 19.2. The van der Waals surface area contributed by atoms with Gasteiger partial charge in [-0.3, -0.25) is 14.5 Å². The molecule has 3 atom stereocenters. The minimum atomic E-state index is -0.0937. The van der Waals surface area contributed by atoms with Crippen molar-refractivity contribution >= 4 is 11.8 Å². The van der Waals surface area contributed by atoms with Crippen molar-refractivity contribution in [2.45, 2.75) is 60.0 Å². The molecule has 2 aliphatic rings. The summed E-state index contributed by atoms with van der Waals surface area (Å²) in [5.74, 6) is 1.66. The van der Waals surface area contributed by atoms with E-state index in [0.29, 0.717) is 13.1 Å². The second-order valence-electron chi connectivity index (χ2n) is 9.95. The van der Waals surface area contributed by atoms with Gasteiger partial charge in [-0.15, -0.1) is 0 Å². The lowest BCUT2D eigenvalue weighted by molar-refractivity contribution is -0.138. The summed E-state index contributed by atoms with van der Waals surface area (Å²) in [5.41, 5.74) is 2.46. The molecule has 0 radical (unpaired) electrons. The highest BCUT2D eigenvalue weighted by Gasteiger charge is 2.29. The van der Waals surface area contributed by atoms with E-state index in [-0.39, 0.29) is 23.7 Å². The number of hydrogen-bond donors (Lipinski definition) is 1. The van der Waals surface area contributed by atoms with Crippen molar-refractivity contribution < 1.29 is 9.59 Å². The van der Waals surface area contributed by atoms with Gasteiger partial charge in [-0.25, -0.2) is 0 Å². The molecule has 1 aromatic rings. The highest BCUT2D eigenvalue weighted by atomic mass is 16.2. The van der Waals surface area contributed by atoms with Gasteiger partial charge in [0.15, 0.2) is 0 Å². The average molecular weight is 414 g/mol. The minimum absolute atomic E-state index is 0.0123. The molecule has 0 aromatic heterocycles. The third-order valence-electron chi connectivity index (χ3n) is 6.44. The quantitative estimate of drug-likeness (QED) is 0.774. The normalized spacial score (nSPS) is 25.4. The second-order valence-corrected chi connectivity index (χ2v) is 9.95. The van der Waals surface area contributed by atoms with Crippen LogP contribution in [0.25, 0.3) is 0 Å². The van der Waals surface area contributed by atoms with Crippen LogP contribution in [0.5, 0.6) is 0 Å². The third-order valence-corrected chi connectivity index (χ3v) is 6.44. The van der Waals surface area contributed by atoms with Crippen molar-refractivity contribution in [1.29, 1.82) is 0 Å². The summed E-state index contributed by atoms with van der Waals surface area (Å²) in [4.78, 5) is 29.3. The van der Waals surface area contributed by atoms with Gasteiger partial charge in [-0.1, -0.05) is 52.0 Å². The number of benzene rings is 1. The molecule has 2 fully saturated rings. The first-order valence-electron chi connectivity index (χ1n) is 11.7. The number of likely N-dealkylation sites (tertiary alicyclic amines) is 2. The largest absolute Gasteiger partial charge is 0.352 e. The van der Waals surface area contributed by atoms with E-state index in [2.05, 4.69) is 48.3 Å². The predicted octanol–water partition coefficient (Wildman–Crippen LogP) is 3.68. The van der Waals surface area contributed by atoms with Crippen LogP contribution in [0.3, 0.4) is 0 Å². The minimum Gasteiger partial charge on any atom is -0.352 e. The van der Waals surface area contributed by atoms with E-state index in [1.54, 1.807) is 0 Å². The SMILES string of the molecule is CC(C)C(=O)N1CCC[C@H](C(=O)NCc2ccc(CN3C[C@H](C)C[C@@H](C)C3)cc2)C1. The first kappa shape index (κ1) is 22.8. The molecule has 0 saturated carbocycles. The fourth-order valence-electron chi connectivity index (χ4n) is 5.03. The molecule has 2 aliphatic heterocycles. The van der Waals surface area contributed by atoms with Gasteiger partial charge in [0.25, 0.3) is 0 Å². The predicted molar refractivity (Wildman–Crippen MR) is 121 cm³/mol. The van der Waals surface area contributed by atoms with Crippen LogP contribution >= 0.6 is 0 Å². The summed E-state index contributed by atoms with van der Waals surface area (Å²) in [6.45, 7) is 13.8. The Balaban J connectivity index is 1.46. The Morgan fingerprint density at radius 1 is 1.03 bits per heavy atom. The maximum absolute atomic E-state index is 12.6. The fraction of sp³-hybridized carbons (Fsp3) is 0.680. The molecular weight excluding hydrogens is 374 g/mol. The van der Waals surface area contributed by atoms with Crippen molar-refractivity contribution in [2.75, 3.05) is 26.2 Å². The molecule has 0 bridgehead atoms. The Labute approximate surface area is 182 Å². The number of carbonyl (C=O) groups is 2. The van der Waals surface area contributed by atoms with E-state index in [0.717, 1.165) is 43.3 Å². The van der Waals surface area contributed by atoms with Crippen molar-refractivity contribution in [3.63, 3.8) is 0 Å². The first-order chi connectivity index (χ1) is 14.3. The summed E-state index contributed by atoms with van der Waals surface area (Å²) < 4.78 is 0. The van der Waals surface area contributed by atoms with Crippen LogP contribution in [-0.2, 0) is 22.7 Å². The second kappa shape index (κ2) is 10.4. The van der Waals surface area contributed by atoms with Gasteiger partial charge >= 0.3 is 0 Å². The molecule has 2 heterocycles. The molecule has 1 aromatic carbocycles. The lowest BCUT2D eigenvalue weighted by Gasteiger charge is -2.35. The number of nitrogens with one attached hydrogen (secondary N) is 1. The van der Waals surface area contributed by atoms with Crippen LogP contribution < -0.4 is 5.32 Å². The highest BCUT2D eigenvalue weighted by Crippen LogP contribution is 2.23. The van der Waals surface area contributed by atoms with Gasteiger partial charge in [0.1, 0.15) is 0 Å². The number of piperidine rings is 2. The Bertz CT molecular complexity index is 706. The van der Waals surface area contributed by atoms with Gasteiger partial charge in [-0.05, 0) is 42.2 Å². The van der Waals surface area contributed by atoms with E-state index in [4.69, 9.17) is 0 Å². The van der Waals surface area contributed by atoms with E-state index in [9.17, 15) is 9.59 Å². The Hall–Kier alpha value is -1.88. The van der Waals surface area contributed by atoms with Crippen LogP contribution in [0, 0.1) is 23.7 Å². The summed E-state index contributed by atoms with van der Waals surface area (Å²) in [5, 5.41) is 3.08. The molecule has 30 heavy (non-hydrogen) atoms. The van der Waals surface area contributed by atoms with Gasteiger partial charge in [-0.2, -0.15) is 0 Å². The number of carbonyl (C=O) groups excluding carboxylic acids is 2. The molecule has 5 heteroatoms. The monoisotopic (exact) mass is 413 g/mol. The van der Waals surface area contributed by atoms with E-state index >= 15 is 0 Å². The lowest BCUT2D eigenvalue weighted by Crippen LogP contribution is -2.46. The van der Waals surface area contributed by atoms with Crippen molar-refractivity contribution in [3.8, 4) is 0 Å². The molecule has 0 aliphatic carbocycles. The molecule has 0 unspecified atom stereocenters. The summed E-state index contributed by atoms with van der Waals surface area (Å²) in [6.07, 6.45) is 3.10. The average Bonchev–Trinajstić information content (AvgIpc) is 2.71. The maximum Gasteiger partial charge on any atom is 0.225 e. The molecule has 166 valence electrons. The topological polar surface area (TPSA) is 52.7 Å². The third kappa shape index (κ3) is 6.31.